The summed E-state index contributed by atoms with van der Waals surface area (Å²) in [7, 11) is -0.412. The molecule has 6 heteroatoms. The summed E-state index contributed by atoms with van der Waals surface area (Å²) in [5.74, 6) is 1.30. The monoisotopic (exact) mass is 412 g/mol. The van der Waals surface area contributed by atoms with Gasteiger partial charge in [0, 0.05) is 0 Å². The van der Waals surface area contributed by atoms with Gasteiger partial charge in [-0.1, -0.05) is 58.0 Å². The second-order valence-corrected chi connectivity index (χ2v) is 10.9. The van der Waals surface area contributed by atoms with E-state index in [1.165, 1.54) is 6.42 Å². The van der Waals surface area contributed by atoms with E-state index in [-0.39, 0.29) is 23.6 Å². The lowest BCUT2D eigenvalue weighted by Gasteiger charge is -2.64. The average molecular weight is 412 g/mol. The molecule has 4 fully saturated rings. The Balaban J connectivity index is 1.44. The first-order valence-corrected chi connectivity index (χ1v) is 11.5. The lowest BCUT2D eigenvalue weighted by atomic mass is 9.43. The molecule has 4 aliphatic rings. The maximum Gasteiger partial charge on any atom is 0.481 e. The van der Waals surface area contributed by atoms with Crippen LogP contribution >= 0.6 is 0 Å². The van der Waals surface area contributed by atoms with Gasteiger partial charge in [-0.05, 0) is 61.3 Å². The van der Waals surface area contributed by atoms with Crippen LogP contribution in [0.2, 0.25) is 0 Å². The molecule has 1 saturated heterocycles. The maximum absolute atomic E-state index is 12.9. The zero-order valence-electron chi connectivity index (χ0n) is 19.1. The van der Waals surface area contributed by atoms with E-state index in [0.717, 1.165) is 18.4 Å². The van der Waals surface area contributed by atoms with Crippen molar-refractivity contribution in [1.82, 2.24) is 5.32 Å². The topological polar surface area (TPSA) is 73.6 Å². The van der Waals surface area contributed by atoms with Crippen LogP contribution in [0.15, 0.2) is 30.3 Å². The Kier molecular flexibility index (Phi) is 5.80. The van der Waals surface area contributed by atoms with Crippen molar-refractivity contribution < 1.29 is 14.1 Å². The first-order valence-electron chi connectivity index (χ1n) is 11.5. The lowest BCUT2D eigenvalue weighted by Crippen LogP contribution is -2.65. The van der Waals surface area contributed by atoms with Crippen LogP contribution < -0.4 is 11.1 Å². The summed E-state index contributed by atoms with van der Waals surface area (Å²) in [6, 6.07) is 9.32. The molecule has 2 bridgehead atoms. The molecule has 3 saturated carbocycles. The van der Waals surface area contributed by atoms with Gasteiger partial charge in [0.1, 0.15) is 0 Å². The van der Waals surface area contributed by atoms with Gasteiger partial charge in [0.15, 0.2) is 0 Å². The summed E-state index contributed by atoms with van der Waals surface area (Å²) in [5.41, 5.74) is 7.34. The SMILES string of the molecule is CC(C)C[C@H](NC(=O)C(N)Cc1ccccc1)B1OC2C[C@@H]3C[C@@H](C3(C)C)[C@]2(C)O1. The Morgan fingerprint density at radius 1 is 1.23 bits per heavy atom. The van der Waals surface area contributed by atoms with E-state index in [0.29, 0.717) is 29.6 Å². The van der Waals surface area contributed by atoms with Gasteiger partial charge >= 0.3 is 7.12 Å². The van der Waals surface area contributed by atoms with Gasteiger partial charge in [-0.25, -0.2) is 0 Å². The van der Waals surface area contributed by atoms with Crippen LogP contribution in [0.4, 0.5) is 0 Å². The normalized spacial score (nSPS) is 33.6. The zero-order chi connectivity index (χ0) is 21.7. The Morgan fingerprint density at radius 3 is 2.57 bits per heavy atom. The van der Waals surface area contributed by atoms with Gasteiger partial charge in [-0.2, -0.15) is 0 Å². The van der Waals surface area contributed by atoms with E-state index in [1.807, 2.05) is 30.3 Å². The molecule has 5 nitrogen and oxygen atoms in total. The molecule has 6 atom stereocenters. The minimum Gasteiger partial charge on any atom is -0.404 e. The van der Waals surface area contributed by atoms with Crippen molar-refractivity contribution in [3.05, 3.63) is 35.9 Å². The minimum absolute atomic E-state index is 0.115. The van der Waals surface area contributed by atoms with Gasteiger partial charge in [-0.15, -0.1) is 0 Å². The van der Waals surface area contributed by atoms with E-state index in [1.54, 1.807) is 0 Å². The smallest absolute Gasteiger partial charge is 0.404 e. The van der Waals surface area contributed by atoms with Crippen LogP contribution in [-0.2, 0) is 20.5 Å². The summed E-state index contributed by atoms with van der Waals surface area (Å²) in [6.45, 7) is 11.3. The molecule has 3 aliphatic carbocycles. The highest BCUT2D eigenvalue weighted by atomic mass is 16.7. The summed E-state index contributed by atoms with van der Waals surface area (Å²) < 4.78 is 13.1. The second-order valence-electron chi connectivity index (χ2n) is 10.9. The Bertz CT molecular complexity index is 771. The molecule has 0 radical (unpaired) electrons. The van der Waals surface area contributed by atoms with Crippen molar-refractivity contribution >= 4 is 13.0 Å². The summed E-state index contributed by atoms with van der Waals surface area (Å²) in [4.78, 5) is 12.9. The molecule has 1 aromatic rings. The predicted molar refractivity (Wildman–Crippen MR) is 120 cm³/mol. The molecule has 0 spiro atoms. The standard InChI is InChI=1S/C24H37BN2O3/c1-15(2)11-21(27-22(28)18(26)12-16-9-7-6-8-10-16)25-29-20-14-17-13-19(23(17,3)4)24(20,5)30-25/h6-10,15,17-21H,11-14,26H2,1-5H3,(H,27,28)/t17-,18?,19-,20?,21-,24-/m0/s1. The molecule has 1 amide bonds. The highest BCUT2D eigenvalue weighted by Gasteiger charge is 2.68. The molecule has 1 heterocycles. The molecule has 2 unspecified atom stereocenters. The molecular formula is C24H37BN2O3. The Morgan fingerprint density at radius 2 is 1.93 bits per heavy atom. The maximum atomic E-state index is 12.9. The largest absolute Gasteiger partial charge is 0.481 e. The van der Waals surface area contributed by atoms with Crippen LogP contribution in [0.25, 0.3) is 0 Å². The number of nitrogens with two attached hydrogens (primary N) is 1. The number of nitrogens with one attached hydrogen (secondary N) is 1. The number of benzene rings is 1. The molecule has 1 aromatic carbocycles. The second kappa shape index (κ2) is 7.96. The highest BCUT2D eigenvalue weighted by Crippen LogP contribution is 2.65. The lowest BCUT2D eigenvalue weighted by molar-refractivity contribution is -0.199. The van der Waals surface area contributed by atoms with Crippen LogP contribution in [0.5, 0.6) is 0 Å². The summed E-state index contributed by atoms with van der Waals surface area (Å²) >= 11 is 0. The zero-order valence-corrected chi connectivity index (χ0v) is 19.1. The molecular weight excluding hydrogens is 375 g/mol. The summed E-state index contributed by atoms with van der Waals surface area (Å²) in [5, 5.41) is 3.17. The minimum atomic E-state index is -0.590. The number of rotatable bonds is 7. The van der Waals surface area contributed by atoms with Crippen molar-refractivity contribution in [3.8, 4) is 0 Å². The van der Waals surface area contributed by atoms with E-state index < -0.39 is 13.2 Å². The van der Waals surface area contributed by atoms with Gasteiger partial charge in [-0.3, -0.25) is 4.79 Å². The number of carbonyl (C=O) groups is 1. The molecule has 0 aromatic heterocycles. The average Bonchev–Trinajstić information content (AvgIpc) is 3.04. The third-order valence-electron chi connectivity index (χ3n) is 7.99. The molecule has 30 heavy (non-hydrogen) atoms. The molecule has 164 valence electrons. The first kappa shape index (κ1) is 21.9. The number of carbonyl (C=O) groups excluding carboxylic acids is 1. The molecule has 1 aliphatic heterocycles. The van der Waals surface area contributed by atoms with Crippen molar-refractivity contribution in [2.75, 3.05) is 0 Å². The van der Waals surface area contributed by atoms with E-state index >= 15 is 0 Å². The van der Waals surface area contributed by atoms with Crippen molar-refractivity contribution in [2.45, 2.75) is 84.0 Å². The van der Waals surface area contributed by atoms with E-state index in [9.17, 15) is 4.79 Å². The third kappa shape index (κ3) is 3.83. The predicted octanol–water partition coefficient (Wildman–Crippen LogP) is 3.35. The fraction of sp³-hybridized carbons (Fsp3) is 0.708. The molecule has 5 rings (SSSR count). The van der Waals surface area contributed by atoms with Crippen molar-refractivity contribution in [1.29, 1.82) is 0 Å². The van der Waals surface area contributed by atoms with Crippen LogP contribution in [0, 0.1) is 23.2 Å². The quantitative estimate of drug-likeness (QED) is 0.674. The van der Waals surface area contributed by atoms with Crippen molar-refractivity contribution in [3.63, 3.8) is 0 Å². The van der Waals surface area contributed by atoms with E-state index in [4.69, 9.17) is 15.0 Å². The third-order valence-corrected chi connectivity index (χ3v) is 7.99. The van der Waals surface area contributed by atoms with Crippen LogP contribution in [0.3, 0.4) is 0 Å². The van der Waals surface area contributed by atoms with Gasteiger partial charge in [0.05, 0.1) is 23.7 Å². The van der Waals surface area contributed by atoms with Gasteiger partial charge in [0.25, 0.3) is 0 Å². The fourth-order valence-corrected chi connectivity index (χ4v) is 6.07. The number of amides is 1. The van der Waals surface area contributed by atoms with Gasteiger partial charge in [0.2, 0.25) is 5.91 Å². The Labute approximate surface area is 181 Å². The van der Waals surface area contributed by atoms with Gasteiger partial charge < -0.3 is 20.4 Å². The van der Waals surface area contributed by atoms with E-state index in [2.05, 4.69) is 39.9 Å². The molecule has 3 N–H and O–H groups in total. The van der Waals surface area contributed by atoms with Crippen LogP contribution in [0.1, 0.15) is 59.4 Å². The number of hydrogen-bond donors (Lipinski definition) is 2. The fourth-order valence-electron chi connectivity index (χ4n) is 6.07. The first-order chi connectivity index (χ1) is 14.1. The van der Waals surface area contributed by atoms with Crippen molar-refractivity contribution in [2.24, 2.45) is 28.9 Å². The number of hydrogen-bond acceptors (Lipinski definition) is 4. The highest BCUT2D eigenvalue weighted by molar-refractivity contribution is 6.47. The van der Waals surface area contributed by atoms with Crippen LogP contribution in [-0.4, -0.2) is 36.7 Å². The Hall–Kier alpha value is -1.37. The summed E-state index contributed by atoms with van der Waals surface area (Å²) in [6.07, 6.45) is 3.70.